The van der Waals surface area contributed by atoms with E-state index in [1.54, 1.807) is 37.3 Å². The van der Waals surface area contributed by atoms with E-state index in [1.807, 2.05) is 24.7 Å². The van der Waals surface area contributed by atoms with E-state index in [4.69, 9.17) is 9.47 Å². The third kappa shape index (κ3) is 6.43. The van der Waals surface area contributed by atoms with Gasteiger partial charge in [-0.3, -0.25) is 4.99 Å². The molecule has 1 atom stereocenters. The summed E-state index contributed by atoms with van der Waals surface area (Å²) in [6, 6.07) is 6.35. The van der Waals surface area contributed by atoms with Gasteiger partial charge in [0.05, 0.1) is 14.2 Å². The number of thioether (sulfide) groups is 1. The minimum Gasteiger partial charge on any atom is -0.497 e. The normalized spacial score (nSPS) is 16.7. The minimum atomic E-state index is 0.350. The highest BCUT2D eigenvalue weighted by Gasteiger charge is 2.24. The summed E-state index contributed by atoms with van der Waals surface area (Å²) in [6.45, 7) is 2.79. The third-order valence-corrected chi connectivity index (χ3v) is 6.76. The number of rotatable bonds is 9. The lowest BCUT2D eigenvalue weighted by Gasteiger charge is -2.21. The number of guanidine groups is 1. The van der Waals surface area contributed by atoms with Gasteiger partial charge in [0.1, 0.15) is 15.8 Å². The molecule has 0 amide bonds. The van der Waals surface area contributed by atoms with Crippen LogP contribution in [0.3, 0.4) is 0 Å². The Hall–Kier alpha value is -2.13. The molecule has 0 bridgehead atoms. The number of nitrogens with one attached hydrogen (secondary N) is 2. The van der Waals surface area contributed by atoms with E-state index in [1.165, 1.54) is 0 Å². The van der Waals surface area contributed by atoms with Gasteiger partial charge in [-0.05, 0) is 12.8 Å². The second-order valence-electron chi connectivity index (χ2n) is 6.65. The van der Waals surface area contributed by atoms with Crippen molar-refractivity contribution in [1.29, 1.82) is 0 Å². The summed E-state index contributed by atoms with van der Waals surface area (Å²) in [7, 11) is 5.18. The van der Waals surface area contributed by atoms with Crippen LogP contribution in [-0.2, 0) is 0 Å². The number of aromatic nitrogens is 1. The Bertz CT molecular complexity index is 763. The van der Waals surface area contributed by atoms with Crippen LogP contribution in [0.2, 0.25) is 0 Å². The Morgan fingerprint density at radius 2 is 2.10 bits per heavy atom. The molecule has 1 unspecified atom stereocenters. The van der Waals surface area contributed by atoms with Crippen molar-refractivity contribution in [3.63, 3.8) is 0 Å². The van der Waals surface area contributed by atoms with Gasteiger partial charge in [0.25, 0.3) is 0 Å². The number of ether oxygens (including phenoxy) is 2. The smallest absolute Gasteiger partial charge is 0.191 e. The molecule has 3 rings (SSSR count). The van der Waals surface area contributed by atoms with Crippen LogP contribution in [0.25, 0.3) is 0 Å². The number of aliphatic imine (C=N–C) groups is 1. The quantitative estimate of drug-likeness (QED) is 0.271. The van der Waals surface area contributed by atoms with Crippen LogP contribution in [0.1, 0.15) is 12.8 Å². The molecule has 1 aliphatic rings. The molecule has 0 aliphatic carbocycles. The average molecular weight is 436 g/mol. The highest BCUT2D eigenvalue weighted by molar-refractivity contribution is 8.00. The van der Waals surface area contributed by atoms with Gasteiger partial charge in [0.2, 0.25) is 0 Å². The molecule has 0 saturated carbocycles. The largest absolute Gasteiger partial charge is 0.497 e. The molecule has 1 aromatic heterocycles. The molecule has 2 heterocycles. The zero-order valence-electron chi connectivity index (χ0n) is 17.2. The molecule has 0 radical (unpaired) electrons. The summed E-state index contributed by atoms with van der Waals surface area (Å²) in [5.74, 6) is 3.53. The number of hydrogen-bond donors (Lipinski definition) is 2. The molecule has 1 aromatic carbocycles. The number of benzene rings is 1. The Kier molecular flexibility index (Phi) is 8.30. The first-order valence-electron chi connectivity index (χ1n) is 9.69. The Morgan fingerprint density at radius 3 is 2.76 bits per heavy atom. The molecular formula is C20H29N5O2S2. The maximum atomic E-state index is 5.40. The molecule has 1 aliphatic heterocycles. The summed E-state index contributed by atoms with van der Waals surface area (Å²) >= 11 is 3.49. The Morgan fingerprint density at radius 1 is 1.31 bits per heavy atom. The third-order valence-electron chi connectivity index (χ3n) is 4.70. The lowest BCUT2D eigenvalue weighted by atomic mass is 10.2. The average Bonchev–Trinajstić information content (AvgIpc) is 3.44. The number of nitrogens with zero attached hydrogens (tertiary/aromatic N) is 3. The van der Waals surface area contributed by atoms with E-state index in [0.29, 0.717) is 6.04 Å². The zero-order valence-corrected chi connectivity index (χ0v) is 18.8. The molecule has 29 heavy (non-hydrogen) atoms. The van der Waals surface area contributed by atoms with Crippen molar-refractivity contribution in [3.05, 3.63) is 29.8 Å². The zero-order chi connectivity index (χ0) is 20.5. The highest BCUT2D eigenvalue weighted by atomic mass is 32.2. The van der Waals surface area contributed by atoms with Crippen LogP contribution in [0, 0.1) is 0 Å². The second kappa shape index (κ2) is 11.2. The SMILES string of the molecule is CN=C(NCCCSc1nccs1)NC1CCN(c2cc(OC)cc(OC)c2)C1. The summed E-state index contributed by atoms with van der Waals surface area (Å²) in [6.07, 6.45) is 3.97. The fraction of sp³-hybridized carbons (Fsp3) is 0.500. The first-order valence-corrected chi connectivity index (χ1v) is 11.6. The van der Waals surface area contributed by atoms with Crippen molar-refractivity contribution >= 4 is 34.7 Å². The van der Waals surface area contributed by atoms with Crippen LogP contribution in [0.4, 0.5) is 5.69 Å². The first-order chi connectivity index (χ1) is 14.2. The van der Waals surface area contributed by atoms with Gasteiger partial charge in [-0.2, -0.15) is 0 Å². The maximum Gasteiger partial charge on any atom is 0.191 e. The van der Waals surface area contributed by atoms with Gasteiger partial charge in [0.15, 0.2) is 5.96 Å². The molecule has 2 aromatic rings. The van der Waals surface area contributed by atoms with Crippen molar-refractivity contribution in [1.82, 2.24) is 15.6 Å². The van der Waals surface area contributed by atoms with Gasteiger partial charge in [-0.1, -0.05) is 11.8 Å². The van der Waals surface area contributed by atoms with Crippen LogP contribution < -0.4 is 25.0 Å². The van der Waals surface area contributed by atoms with E-state index < -0.39 is 0 Å². The van der Waals surface area contributed by atoms with Crippen molar-refractivity contribution in [2.24, 2.45) is 4.99 Å². The predicted molar refractivity (Wildman–Crippen MR) is 122 cm³/mol. The Balaban J connectivity index is 1.43. The van der Waals surface area contributed by atoms with Gasteiger partial charge in [-0.25, -0.2) is 4.98 Å². The maximum absolute atomic E-state index is 5.40. The van der Waals surface area contributed by atoms with Crippen LogP contribution in [0.5, 0.6) is 11.5 Å². The van der Waals surface area contributed by atoms with E-state index in [0.717, 1.165) is 65.7 Å². The molecule has 1 fully saturated rings. The second-order valence-corrected chi connectivity index (χ2v) is 8.88. The number of methoxy groups -OCH3 is 2. The minimum absolute atomic E-state index is 0.350. The fourth-order valence-electron chi connectivity index (χ4n) is 3.20. The number of thiazole rings is 1. The highest BCUT2D eigenvalue weighted by Crippen LogP contribution is 2.30. The topological polar surface area (TPSA) is 71.0 Å². The van der Waals surface area contributed by atoms with Crippen molar-refractivity contribution in [2.45, 2.75) is 23.2 Å². The van der Waals surface area contributed by atoms with Crippen molar-refractivity contribution in [3.8, 4) is 11.5 Å². The Labute approximate surface area is 180 Å². The van der Waals surface area contributed by atoms with Crippen LogP contribution in [-0.4, -0.2) is 63.6 Å². The molecular weight excluding hydrogens is 406 g/mol. The van der Waals surface area contributed by atoms with Gasteiger partial charge < -0.3 is 25.0 Å². The lowest BCUT2D eigenvalue weighted by Crippen LogP contribution is -2.44. The van der Waals surface area contributed by atoms with Crippen molar-refractivity contribution < 1.29 is 9.47 Å². The number of anilines is 1. The summed E-state index contributed by atoms with van der Waals surface area (Å²) in [5.41, 5.74) is 1.12. The summed E-state index contributed by atoms with van der Waals surface area (Å²) in [4.78, 5) is 11.0. The summed E-state index contributed by atoms with van der Waals surface area (Å²) < 4.78 is 11.9. The van der Waals surface area contributed by atoms with Gasteiger partial charge >= 0.3 is 0 Å². The molecule has 2 N–H and O–H groups in total. The molecule has 0 spiro atoms. The molecule has 7 nitrogen and oxygen atoms in total. The number of hydrogen-bond acceptors (Lipinski definition) is 7. The molecule has 158 valence electrons. The summed E-state index contributed by atoms with van der Waals surface area (Å²) in [5, 5.41) is 8.97. The van der Waals surface area contributed by atoms with Gasteiger partial charge in [0, 0.05) is 73.9 Å². The van der Waals surface area contributed by atoms with E-state index in [-0.39, 0.29) is 0 Å². The van der Waals surface area contributed by atoms with Crippen LogP contribution in [0.15, 0.2) is 39.1 Å². The first kappa shape index (κ1) is 21.6. The van der Waals surface area contributed by atoms with Gasteiger partial charge in [-0.15, -0.1) is 11.3 Å². The molecule has 9 heteroatoms. The van der Waals surface area contributed by atoms with E-state index >= 15 is 0 Å². The molecule has 1 saturated heterocycles. The lowest BCUT2D eigenvalue weighted by molar-refractivity contribution is 0.394. The van der Waals surface area contributed by atoms with E-state index in [2.05, 4.69) is 37.6 Å². The standard InChI is InChI=1S/C20H29N5O2S2/c1-21-19(22-6-4-9-28-20-23-7-10-29-20)24-15-5-8-25(14-15)16-11-17(26-2)13-18(12-16)27-3/h7,10-13,15H,4-6,8-9,14H2,1-3H3,(H2,21,22,24). The van der Waals surface area contributed by atoms with Crippen LogP contribution >= 0.6 is 23.1 Å². The van der Waals surface area contributed by atoms with Crippen molar-refractivity contribution in [2.75, 3.05) is 51.6 Å². The predicted octanol–water partition coefficient (Wildman–Crippen LogP) is 3.09. The van der Waals surface area contributed by atoms with E-state index in [9.17, 15) is 0 Å². The monoisotopic (exact) mass is 435 g/mol. The fourth-order valence-corrected chi connectivity index (χ4v) is 4.84.